The van der Waals surface area contributed by atoms with Crippen LogP contribution < -0.4 is 29.0 Å². The van der Waals surface area contributed by atoms with Gasteiger partial charge in [0.15, 0.2) is 11.5 Å². The number of benzene rings is 3. The summed E-state index contributed by atoms with van der Waals surface area (Å²) in [5, 5.41) is 2.62. The third-order valence-corrected chi connectivity index (χ3v) is 5.97. The lowest BCUT2D eigenvalue weighted by Crippen LogP contribution is -2.27. The van der Waals surface area contributed by atoms with Gasteiger partial charge in [-0.15, -0.1) is 0 Å². The van der Waals surface area contributed by atoms with Crippen molar-refractivity contribution in [1.82, 2.24) is 0 Å². The van der Waals surface area contributed by atoms with Gasteiger partial charge in [-0.1, -0.05) is 12.1 Å². The number of ether oxygens (including phenoxy) is 4. The molecule has 0 atom stereocenters. The Morgan fingerprint density at radius 3 is 2.46 bits per heavy atom. The third kappa shape index (κ3) is 7.03. The Kier molecular flexibility index (Phi) is 7.31. The van der Waals surface area contributed by atoms with Crippen molar-refractivity contribution in [3.63, 3.8) is 0 Å². The molecule has 10 heteroatoms. The number of hydrogen-bond donors (Lipinski definition) is 2. The highest BCUT2D eigenvalue weighted by molar-refractivity contribution is 7.93. The van der Waals surface area contributed by atoms with Crippen molar-refractivity contribution in [2.24, 2.45) is 0 Å². The molecule has 35 heavy (non-hydrogen) atoms. The highest BCUT2D eigenvalue weighted by Crippen LogP contribution is 2.35. The number of sulfonamides is 1. The Labute approximate surface area is 204 Å². The first-order chi connectivity index (χ1) is 16.8. The largest absolute Gasteiger partial charge is 0.491 e. The van der Waals surface area contributed by atoms with E-state index in [0.717, 1.165) is 5.56 Å². The summed E-state index contributed by atoms with van der Waals surface area (Å²) in [6.45, 7) is 4.24. The van der Waals surface area contributed by atoms with Gasteiger partial charge in [-0.3, -0.25) is 9.52 Å². The van der Waals surface area contributed by atoms with Crippen molar-refractivity contribution < 1.29 is 32.2 Å². The van der Waals surface area contributed by atoms with E-state index >= 15 is 0 Å². The van der Waals surface area contributed by atoms with E-state index in [1.165, 1.54) is 0 Å². The van der Waals surface area contributed by atoms with Crippen LogP contribution in [0.2, 0.25) is 0 Å². The van der Waals surface area contributed by atoms with Crippen LogP contribution in [-0.2, 0) is 21.4 Å². The van der Waals surface area contributed by atoms with E-state index in [2.05, 4.69) is 10.0 Å². The molecule has 1 aliphatic rings. The molecule has 4 rings (SSSR count). The molecular formula is C25H26N2O7S. The Balaban J connectivity index is 1.30. The van der Waals surface area contributed by atoms with E-state index in [1.807, 2.05) is 19.9 Å². The van der Waals surface area contributed by atoms with Gasteiger partial charge in [-0.2, -0.15) is 0 Å². The Hall–Kier alpha value is -3.92. The van der Waals surface area contributed by atoms with E-state index in [-0.39, 0.29) is 19.5 Å². The Morgan fingerprint density at radius 2 is 1.69 bits per heavy atom. The van der Waals surface area contributed by atoms with Crippen molar-refractivity contribution >= 4 is 27.3 Å². The summed E-state index contributed by atoms with van der Waals surface area (Å²) in [4.78, 5) is 12.4. The van der Waals surface area contributed by atoms with Crippen molar-refractivity contribution in [2.45, 2.75) is 26.6 Å². The number of rotatable bonds is 10. The monoisotopic (exact) mass is 498 g/mol. The fraction of sp³-hybridized carbons (Fsp3) is 0.240. The van der Waals surface area contributed by atoms with Gasteiger partial charge in [-0.25, -0.2) is 8.42 Å². The van der Waals surface area contributed by atoms with Crippen molar-refractivity contribution in [3.05, 3.63) is 72.3 Å². The fourth-order valence-electron chi connectivity index (χ4n) is 3.33. The zero-order valence-electron chi connectivity index (χ0n) is 19.3. The van der Waals surface area contributed by atoms with Crippen LogP contribution in [-0.4, -0.2) is 33.0 Å². The number of nitrogens with one attached hydrogen (secondary N) is 2. The minimum absolute atomic E-state index is 0.00924. The summed E-state index contributed by atoms with van der Waals surface area (Å²) < 4.78 is 49.2. The maximum Gasteiger partial charge on any atom is 0.241 e. The van der Waals surface area contributed by atoms with E-state index in [0.29, 0.717) is 34.4 Å². The minimum Gasteiger partial charge on any atom is -0.491 e. The number of amides is 1. The van der Waals surface area contributed by atoms with Crippen LogP contribution in [0.3, 0.4) is 0 Å². The molecule has 2 N–H and O–H groups in total. The smallest absolute Gasteiger partial charge is 0.241 e. The number of carbonyl (C=O) groups is 1. The quantitative estimate of drug-likeness (QED) is 0.432. The van der Waals surface area contributed by atoms with E-state index in [4.69, 9.17) is 18.9 Å². The first-order valence-corrected chi connectivity index (χ1v) is 12.6. The van der Waals surface area contributed by atoms with Gasteiger partial charge in [0.05, 0.1) is 6.10 Å². The molecule has 0 unspecified atom stereocenters. The van der Waals surface area contributed by atoms with E-state index in [9.17, 15) is 13.2 Å². The molecule has 0 radical (unpaired) electrons. The topological polar surface area (TPSA) is 112 Å². The van der Waals surface area contributed by atoms with Gasteiger partial charge in [0, 0.05) is 17.4 Å². The molecule has 0 spiro atoms. The lowest BCUT2D eigenvalue weighted by Gasteiger charge is -2.12. The van der Waals surface area contributed by atoms with E-state index < -0.39 is 21.7 Å². The second-order valence-corrected chi connectivity index (χ2v) is 9.83. The molecule has 184 valence electrons. The highest BCUT2D eigenvalue weighted by atomic mass is 32.2. The second-order valence-electron chi connectivity index (χ2n) is 8.10. The van der Waals surface area contributed by atoms with Crippen LogP contribution in [0.5, 0.6) is 23.0 Å². The molecule has 0 aromatic heterocycles. The average molecular weight is 499 g/mol. The van der Waals surface area contributed by atoms with Gasteiger partial charge in [0.25, 0.3) is 0 Å². The SMILES string of the molecule is CC(C)Oc1ccc(NS(=O)(=O)CC(=O)Nc2cccc(COc3ccc4c(c3)OCO4)c2)cc1. The maximum absolute atomic E-state index is 12.4. The summed E-state index contributed by atoms with van der Waals surface area (Å²) in [5.41, 5.74) is 1.61. The fourth-order valence-corrected chi connectivity index (χ4v) is 4.32. The molecule has 0 saturated carbocycles. The first-order valence-electron chi connectivity index (χ1n) is 10.9. The second kappa shape index (κ2) is 10.6. The van der Waals surface area contributed by atoms with Crippen LogP contribution in [0.4, 0.5) is 11.4 Å². The molecular weight excluding hydrogens is 472 g/mol. The highest BCUT2D eigenvalue weighted by Gasteiger charge is 2.17. The Morgan fingerprint density at radius 1 is 0.943 bits per heavy atom. The average Bonchev–Trinajstić information content (AvgIpc) is 3.26. The lowest BCUT2D eigenvalue weighted by atomic mass is 10.2. The van der Waals surface area contributed by atoms with Crippen LogP contribution in [0.1, 0.15) is 19.4 Å². The van der Waals surface area contributed by atoms with Crippen molar-refractivity contribution in [2.75, 3.05) is 22.6 Å². The van der Waals surface area contributed by atoms with Crippen LogP contribution >= 0.6 is 0 Å². The summed E-state index contributed by atoms with van der Waals surface area (Å²) in [6.07, 6.45) is 0.00924. The number of anilines is 2. The predicted octanol–water partition coefficient (Wildman–Crippen LogP) is 4.16. The predicted molar refractivity (Wildman–Crippen MR) is 132 cm³/mol. The van der Waals surface area contributed by atoms with Crippen molar-refractivity contribution in [3.8, 4) is 23.0 Å². The molecule has 1 heterocycles. The molecule has 1 aliphatic heterocycles. The number of carbonyl (C=O) groups excluding carboxylic acids is 1. The minimum atomic E-state index is -3.90. The molecule has 3 aromatic carbocycles. The molecule has 1 amide bonds. The molecule has 0 fully saturated rings. The third-order valence-electron chi connectivity index (χ3n) is 4.78. The van der Waals surface area contributed by atoms with Gasteiger partial charge in [0.2, 0.25) is 22.7 Å². The number of hydrogen-bond acceptors (Lipinski definition) is 7. The standard InChI is InChI=1S/C25H26N2O7S/c1-17(2)34-21-8-6-19(7-9-21)27-35(29,30)15-25(28)26-20-5-3-4-18(12-20)14-31-22-10-11-23-24(13-22)33-16-32-23/h3-13,17,27H,14-16H2,1-2H3,(H,26,28). The lowest BCUT2D eigenvalue weighted by molar-refractivity contribution is -0.113. The normalized spacial score (nSPS) is 12.3. The van der Waals surface area contributed by atoms with E-state index in [1.54, 1.807) is 60.7 Å². The molecule has 3 aromatic rings. The summed E-state index contributed by atoms with van der Waals surface area (Å²) in [5.74, 6) is 1.15. The van der Waals surface area contributed by atoms with Crippen LogP contribution in [0.15, 0.2) is 66.7 Å². The molecule has 0 bridgehead atoms. The maximum atomic E-state index is 12.4. The first kappa shape index (κ1) is 24.2. The zero-order valence-corrected chi connectivity index (χ0v) is 20.1. The molecule has 9 nitrogen and oxygen atoms in total. The molecule has 0 aliphatic carbocycles. The van der Waals surface area contributed by atoms with Gasteiger partial charge < -0.3 is 24.3 Å². The summed E-state index contributed by atoms with van der Waals surface area (Å²) in [6, 6.07) is 18.8. The zero-order chi connectivity index (χ0) is 24.8. The van der Waals surface area contributed by atoms with Gasteiger partial charge in [0.1, 0.15) is 23.9 Å². The molecule has 0 saturated heterocycles. The van der Waals surface area contributed by atoms with Gasteiger partial charge in [-0.05, 0) is 67.9 Å². The summed E-state index contributed by atoms with van der Waals surface area (Å²) in [7, 11) is -3.90. The number of fused-ring (bicyclic) bond motifs is 1. The van der Waals surface area contributed by atoms with Crippen LogP contribution in [0.25, 0.3) is 0 Å². The van der Waals surface area contributed by atoms with Gasteiger partial charge >= 0.3 is 0 Å². The van der Waals surface area contributed by atoms with Crippen molar-refractivity contribution in [1.29, 1.82) is 0 Å². The summed E-state index contributed by atoms with van der Waals surface area (Å²) >= 11 is 0. The Bertz CT molecular complexity index is 1290. The van der Waals surface area contributed by atoms with Crippen LogP contribution in [0, 0.1) is 0 Å².